The monoisotopic (exact) mass is 307 g/mol. The van der Waals surface area contributed by atoms with Crippen LogP contribution in [0.5, 0.6) is 5.75 Å². The van der Waals surface area contributed by atoms with Gasteiger partial charge in [-0.15, -0.1) is 0 Å². The Balaban J connectivity index is 2.07. The Morgan fingerprint density at radius 2 is 2.17 bits per heavy atom. The van der Waals surface area contributed by atoms with Crippen LogP contribution in [0.25, 0.3) is 6.08 Å². The van der Waals surface area contributed by atoms with E-state index in [2.05, 4.69) is 5.32 Å². The Morgan fingerprint density at radius 3 is 2.87 bits per heavy atom. The van der Waals surface area contributed by atoms with Gasteiger partial charge in [0, 0.05) is 0 Å². The van der Waals surface area contributed by atoms with Gasteiger partial charge in [-0.2, -0.15) is 10.5 Å². The number of benzene rings is 1. The van der Waals surface area contributed by atoms with Gasteiger partial charge in [0.1, 0.15) is 29.2 Å². The summed E-state index contributed by atoms with van der Waals surface area (Å²) >= 11 is 0. The fraction of sp³-hybridized carbons (Fsp3) is 0.118. The predicted molar refractivity (Wildman–Crippen MR) is 81.7 cm³/mol. The number of nitriles is 2. The molecule has 23 heavy (non-hydrogen) atoms. The molecule has 0 bridgehead atoms. The van der Waals surface area contributed by atoms with Crippen LogP contribution in [0.1, 0.15) is 11.3 Å². The SMILES string of the molecule is N#CCOc1cccc(/C=C(\C#N)C(=O)NCc2ccco2)c1. The zero-order valence-corrected chi connectivity index (χ0v) is 12.2. The van der Waals surface area contributed by atoms with Crippen LogP contribution in [0.3, 0.4) is 0 Å². The summed E-state index contributed by atoms with van der Waals surface area (Å²) in [7, 11) is 0. The highest BCUT2D eigenvalue weighted by Crippen LogP contribution is 2.16. The van der Waals surface area contributed by atoms with Gasteiger partial charge in [0.2, 0.25) is 0 Å². The van der Waals surface area contributed by atoms with Crippen molar-refractivity contribution in [2.24, 2.45) is 0 Å². The number of ether oxygens (including phenoxy) is 1. The molecule has 2 rings (SSSR count). The van der Waals surface area contributed by atoms with Gasteiger partial charge in [-0.25, -0.2) is 0 Å². The van der Waals surface area contributed by atoms with Crippen molar-refractivity contribution in [2.45, 2.75) is 6.54 Å². The highest BCUT2D eigenvalue weighted by atomic mass is 16.5. The normalized spacial score (nSPS) is 10.4. The molecule has 0 radical (unpaired) electrons. The van der Waals surface area contributed by atoms with E-state index < -0.39 is 5.91 Å². The molecule has 0 saturated carbocycles. The Labute approximate surface area is 133 Å². The van der Waals surface area contributed by atoms with E-state index >= 15 is 0 Å². The highest BCUT2D eigenvalue weighted by molar-refractivity contribution is 6.01. The van der Waals surface area contributed by atoms with Crippen LogP contribution in [0.2, 0.25) is 0 Å². The first kappa shape index (κ1) is 15.9. The number of rotatable bonds is 6. The first-order valence-electron chi connectivity index (χ1n) is 6.75. The first-order chi connectivity index (χ1) is 11.2. The maximum absolute atomic E-state index is 12.0. The highest BCUT2D eigenvalue weighted by Gasteiger charge is 2.09. The maximum Gasteiger partial charge on any atom is 0.262 e. The van der Waals surface area contributed by atoms with Crippen LogP contribution >= 0.6 is 0 Å². The van der Waals surface area contributed by atoms with Gasteiger partial charge in [0.25, 0.3) is 5.91 Å². The van der Waals surface area contributed by atoms with Gasteiger partial charge in [-0.3, -0.25) is 4.79 Å². The molecule has 0 atom stereocenters. The number of furan rings is 1. The third-order valence-electron chi connectivity index (χ3n) is 2.84. The van der Waals surface area contributed by atoms with Crippen molar-refractivity contribution < 1.29 is 13.9 Å². The molecule has 6 nitrogen and oxygen atoms in total. The molecule has 2 aromatic rings. The summed E-state index contributed by atoms with van der Waals surface area (Å²) < 4.78 is 10.3. The number of carbonyl (C=O) groups is 1. The van der Waals surface area contributed by atoms with E-state index in [0.717, 1.165) is 0 Å². The van der Waals surface area contributed by atoms with Crippen molar-refractivity contribution in [2.75, 3.05) is 6.61 Å². The molecule has 0 unspecified atom stereocenters. The van der Waals surface area contributed by atoms with Gasteiger partial charge >= 0.3 is 0 Å². The number of nitrogens with one attached hydrogen (secondary N) is 1. The summed E-state index contributed by atoms with van der Waals surface area (Å²) in [6.45, 7) is 0.137. The van der Waals surface area contributed by atoms with Crippen LogP contribution in [0.15, 0.2) is 52.7 Å². The molecule has 114 valence electrons. The van der Waals surface area contributed by atoms with E-state index in [4.69, 9.17) is 19.7 Å². The smallest absolute Gasteiger partial charge is 0.262 e. The zero-order chi connectivity index (χ0) is 16.5. The Kier molecular flexibility index (Phi) is 5.56. The Morgan fingerprint density at radius 1 is 1.30 bits per heavy atom. The topological polar surface area (TPSA) is 99.0 Å². The Bertz CT molecular complexity index is 780. The van der Waals surface area contributed by atoms with Crippen LogP contribution < -0.4 is 10.1 Å². The third kappa shape index (κ3) is 4.76. The molecule has 1 N–H and O–H groups in total. The molecule has 1 heterocycles. The summed E-state index contributed by atoms with van der Waals surface area (Å²) in [5.41, 5.74) is 0.596. The second-order valence-electron chi connectivity index (χ2n) is 4.45. The number of hydrogen-bond donors (Lipinski definition) is 1. The van der Waals surface area contributed by atoms with Crippen LogP contribution in [0, 0.1) is 22.7 Å². The fourth-order valence-corrected chi connectivity index (χ4v) is 1.80. The fourth-order valence-electron chi connectivity index (χ4n) is 1.80. The summed E-state index contributed by atoms with van der Waals surface area (Å²) in [5, 5.41) is 20.3. The number of hydrogen-bond acceptors (Lipinski definition) is 5. The minimum atomic E-state index is -0.493. The lowest BCUT2D eigenvalue weighted by Crippen LogP contribution is -2.23. The van der Waals surface area contributed by atoms with Gasteiger partial charge in [0.15, 0.2) is 6.61 Å². The molecule has 0 aliphatic rings. The van der Waals surface area contributed by atoms with Crippen molar-refractivity contribution in [1.82, 2.24) is 5.32 Å². The second-order valence-corrected chi connectivity index (χ2v) is 4.45. The average molecular weight is 307 g/mol. The van der Waals surface area contributed by atoms with E-state index in [1.807, 2.05) is 12.1 Å². The summed E-state index contributed by atoms with van der Waals surface area (Å²) in [6, 6.07) is 14.0. The van der Waals surface area contributed by atoms with Crippen molar-refractivity contribution in [3.63, 3.8) is 0 Å². The van der Waals surface area contributed by atoms with Gasteiger partial charge in [-0.1, -0.05) is 12.1 Å². The first-order valence-corrected chi connectivity index (χ1v) is 6.75. The molecular formula is C17H13N3O3. The van der Waals surface area contributed by atoms with Gasteiger partial charge < -0.3 is 14.5 Å². The standard InChI is InChI=1S/C17H13N3O3/c18-6-8-23-15-4-1-3-13(10-15)9-14(11-19)17(21)20-12-16-5-2-7-22-16/h1-5,7,9-10H,8,12H2,(H,20,21)/b14-9+. The molecule has 0 saturated heterocycles. The maximum atomic E-state index is 12.0. The minimum absolute atomic E-state index is 0.0333. The second kappa shape index (κ2) is 8.06. The molecule has 1 amide bonds. The number of carbonyl (C=O) groups excluding carboxylic acids is 1. The van der Waals surface area contributed by atoms with E-state index in [1.165, 1.54) is 12.3 Å². The van der Waals surface area contributed by atoms with E-state index in [1.54, 1.807) is 36.4 Å². The summed E-state index contributed by atoms with van der Waals surface area (Å²) in [5.74, 6) is 0.600. The summed E-state index contributed by atoms with van der Waals surface area (Å²) in [6.07, 6.45) is 2.96. The minimum Gasteiger partial charge on any atom is -0.479 e. The molecular weight excluding hydrogens is 294 g/mol. The van der Waals surface area contributed by atoms with Crippen LogP contribution in [-0.4, -0.2) is 12.5 Å². The van der Waals surface area contributed by atoms with Crippen molar-refractivity contribution in [3.05, 3.63) is 59.6 Å². The predicted octanol–water partition coefficient (Wildman–Crippen LogP) is 2.41. The van der Waals surface area contributed by atoms with Crippen molar-refractivity contribution in [3.8, 4) is 17.9 Å². The zero-order valence-electron chi connectivity index (χ0n) is 12.2. The third-order valence-corrected chi connectivity index (χ3v) is 2.84. The lowest BCUT2D eigenvalue weighted by molar-refractivity contribution is -0.117. The molecule has 0 spiro atoms. The number of nitrogens with zero attached hydrogens (tertiary/aromatic N) is 2. The molecule has 1 aromatic heterocycles. The van der Waals surface area contributed by atoms with Crippen LogP contribution in [-0.2, 0) is 11.3 Å². The quantitative estimate of drug-likeness (QED) is 0.652. The van der Waals surface area contributed by atoms with E-state index in [9.17, 15) is 4.79 Å². The molecule has 0 fully saturated rings. The Hall–Kier alpha value is -3.51. The van der Waals surface area contributed by atoms with Crippen LogP contribution in [0.4, 0.5) is 0 Å². The molecule has 0 aliphatic carbocycles. The van der Waals surface area contributed by atoms with Crippen molar-refractivity contribution >= 4 is 12.0 Å². The lowest BCUT2D eigenvalue weighted by Gasteiger charge is -2.04. The number of amides is 1. The molecule has 6 heteroatoms. The largest absolute Gasteiger partial charge is 0.479 e. The van der Waals surface area contributed by atoms with E-state index in [0.29, 0.717) is 17.1 Å². The average Bonchev–Trinajstić information content (AvgIpc) is 3.09. The van der Waals surface area contributed by atoms with E-state index in [-0.39, 0.29) is 18.7 Å². The van der Waals surface area contributed by atoms with Crippen molar-refractivity contribution in [1.29, 1.82) is 10.5 Å². The molecule has 1 aromatic carbocycles. The van der Waals surface area contributed by atoms with Gasteiger partial charge in [-0.05, 0) is 35.9 Å². The van der Waals surface area contributed by atoms with Gasteiger partial charge in [0.05, 0.1) is 12.8 Å². The molecule has 0 aliphatic heterocycles. The lowest BCUT2D eigenvalue weighted by atomic mass is 10.1. The summed E-state index contributed by atoms with van der Waals surface area (Å²) in [4.78, 5) is 12.0.